The third kappa shape index (κ3) is 0.582. The maximum absolute atomic E-state index is 7.09. The first-order valence-corrected chi connectivity index (χ1v) is 1.66. The van der Waals surface area contributed by atoms with Crippen molar-refractivity contribution < 1.29 is 5.48 Å². The molecule has 0 aliphatic carbocycles. The summed E-state index contributed by atoms with van der Waals surface area (Å²) in [6, 6.07) is 2.35. The van der Waals surface area contributed by atoms with Crippen LogP contribution in [0.15, 0.2) is 36.3 Å². The third-order valence-electron chi connectivity index (χ3n) is 0.457. The zero-order valence-electron chi connectivity index (χ0n) is 7.15. The molecule has 30 valence electrons. The summed E-state index contributed by atoms with van der Waals surface area (Å²) >= 11 is 0. The van der Waals surface area contributed by atoms with Crippen LogP contribution in [0.3, 0.4) is 0 Å². The van der Waals surface area contributed by atoms with Crippen LogP contribution in [0.25, 0.3) is 0 Å². The van der Waals surface area contributed by atoms with Crippen molar-refractivity contribution in [3.8, 4) is 0 Å². The Balaban J connectivity index is 3.34. The first kappa shape index (κ1) is 1.09. The molecule has 0 bridgehead atoms. The van der Waals surface area contributed by atoms with E-state index in [-0.39, 0.29) is 24.2 Å². The second kappa shape index (κ2) is 1.61. The summed E-state index contributed by atoms with van der Waals surface area (Å²) in [5.41, 5.74) is 0. The van der Waals surface area contributed by atoms with E-state index in [9.17, 15) is 0 Å². The molecular formula is C6H6. The highest BCUT2D eigenvalue weighted by Crippen LogP contribution is 1.79. The predicted octanol–water partition coefficient (Wildman–Crippen LogP) is 1.69. The average Bonchev–Trinajstić information content (AvgIpc) is 1.93. The number of rotatable bonds is 0. The minimum atomic E-state index is -0.174. The van der Waals surface area contributed by atoms with Gasteiger partial charge in [-0.25, -0.2) is 0 Å². The van der Waals surface area contributed by atoms with Gasteiger partial charge >= 0.3 is 0 Å². The standard InChI is InChI=1S/C6H6/c1-2-4-6-5-3-1/h1-6H/i1D,2D,3D,4D. The second-order valence-corrected chi connectivity index (χ2v) is 0.872. The van der Waals surface area contributed by atoms with Gasteiger partial charge in [0.15, 0.2) is 0 Å². The molecule has 0 unspecified atom stereocenters. The van der Waals surface area contributed by atoms with Gasteiger partial charge in [0.1, 0.15) is 0 Å². The summed E-state index contributed by atoms with van der Waals surface area (Å²) in [6.07, 6.45) is 0. The van der Waals surface area contributed by atoms with E-state index in [4.69, 9.17) is 5.48 Å². The van der Waals surface area contributed by atoms with Crippen molar-refractivity contribution >= 4 is 0 Å². The van der Waals surface area contributed by atoms with Gasteiger partial charge in [0, 0.05) is 0 Å². The van der Waals surface area contributed by atoms with E-state index >= 15 is 0 Å². The van der Waals surface area contributed by atoms with Gasteiger partial charge in [0.25, 0.3) is 0 Å². The molecule has 0 N–H and O–H groups in total. The Morgan fingerprint density at radius 2 is 1.33 bits per heavy atom. The molecule has 0 amide bonds. The minimum Gasteiger partial charge on any atom is -0.0623 e. The van der Waals surface area contributed by atoms with Gasteiger partial charge in [-0.3, -0.25) is 0 Å². The van der Waals surface area contributed by atoms with Gasteiger partial charge in [-0.1, -0.05) is 36.3 Å². The van der Waals surface area contributed by atoms with Gasteiger partial charge in [0.05, 0.1) is 5.48 Å². The molecule has 0 aliphatic rings. The van der Waals surface area contributed by atoms with Crippen LogP contribution in [-0.2, 0) is 0 Å². The van der Waals surface area contributed by atoms with E-state index in [1.54, 1.807) is 0 Å². The normalized spacial score (nSPS) is 17.3. The summed E-state index contributed by atoms with van der Waals surface area (Å²) in [5, 5.41) is 0. The molecule has 0 nitrogen and oxygen atoms in total. The van der Waals surface area contributed by atoms with Crippen molar-refractivity contribution in [3.63, 3.8) is 0 Å². The summed E-state index contributed by atoms with van der Waals surface area (Å²) in [6.45, 7) is 0. The lowest BCUT2D eigenvalue weighted by Crippen LogP contribution is -1.47. The maximum atomic E-state index is 7.09. The Bertz CT molecular complexity index is 229. The smallest absolute Gasteiger partial charge is 0.0623 e. The fourth-order valence-electron chi connectivity index (χ4n) is 0.239. The molecule has 0 spiro atoms. The topological polar surface area (TPSA) is 0 Å². The van der Waals surface area contributed by atoms with Crippen molar-refractivity contribution in [1.29, 1.82) is 0 Å². The predicted molar refractivity (Wildman–Crippen MR) is 26.4 cm³/mol. The zero-order valence-corrected chi connectivity index (χ0v) is 3.15. The summed E-state index contributed by atoms with van der Waals surface area (Å²) in [7, 11) is 0. The lowest BCUT2D eigenvalue weighted by Gasteiger charge is -1.69. The molecule has 0 saturated heterocycles. The monoisotopic (exact) mass is 82.1 g/mol. The Labute approximate surface area is 43.1 Å². The lowest BCUT2D eigenvalue weighted by molar-refractivity contribution is 1.72. The average molecular weight is 82.1 g/mol. The highest BCUT2D eigenvalue weighted by Gasteiger charge is 1.57. The summed E-state index contributed by atoms with van der Waals surface area (Å²) in [5.74, 6) is 0. The van der Waals surface area contributed by atoms with Crippen molar-refractivity contribution in [1.82, 2.24) is 0 Å². The number of benzene rings is 1. The fraction of sp³-hybridized carbons (Fsp3) is 0. The second-order valence-electron chi connectivity index (χ2n) is 0.872. The van der Waals surface area contributed by atoms with E-state index in [0.29, 0.717) is 0 Å². The molecule has 0 heteroatoms. The van der Waals surface area contributed by atoms with Crippen molar-refractivity contribution in [2.75, 3.05) is 0 Å². The molecule has 0 aromatic heterocycles. The molecule has 0 fully saturated rings. The largest absolute Gasteiger partial charge is 0.0623 e. The molecule has 0 radical (unpaired) electrons. The number of hydrogen-bond donors (Lipinski definition) is 0. The molecule has 1 rings (SSSR count). The molecule has 0 saturated carbocycles. The van der Waals surface area contributed by atoms with Crippen LogP contribution in [0.2, 0.25) is 0 Å². The van der Waals surface area contributed by atoms with Crippen molar-refractivity contribution in [2.45, 2.75) is 0 Å². The molecule has 0 heterocycles. The Morgan fingerprint density at radius 1 is 0.833 bits per heavy atom. The fourth-order valence-corrected chi connectivity index (χ4v) is 0.239. The molecule has 6 heavy (non-hydrogen) atoms. The van der Waals surface area contributed by atoms with Crippen molar-refractivity contribution in [3.05, 3.63) is 36.3 Å². The van der Waals surface area contributed by atoms with Crippen LogP contribution in [0.5, 0.6) is 0 Å². The molecule has 0 atom stereocenters. The first-order chi connectivity index (χ1) is 4.63. The highest BCUT2D eigenvalue weighted by atomic mass is 13.6. The van der Waals surface area contributed by atoms with Gasteiger partial charge < -0.3 is 0 Å². The van der Waals surface area contributed by atoms with E-state index < -0.39 is 0 Å². The quantitative estimate of drug-likeness (QED) is 0.446. The molecule has 1 aromatic carbocycles. The van der Waals surface area contributed by atoms with E-state index in [2.05, 4.69) is 0 Å². The molecule has 0 aliphatic heterocycles. The summed E-state index contributed by atoms with van der Waals surface area (Å²) in [4.78, 5) is 0. The van der Waals surface area contributed by atoms with Crippen LogP contribution < -0.4 is 0 Å². The van der Waals surface area contributed by atoms with Gasteiger partial charge in [-0.15, -0.1) is 0 Å². The first-order valence-electron chi connectivity index (χ1n) is 3.66. The number of hydrogen-bond acceptors (Lipinski definition) is 0. The van der Waals surface area contributed by atoms with Crippen LogP contribution in [-0.4, -0.2) is 0 Å². The SMILES string of the molecule is [2H]c1ccc([2H])c([2H])c1[2H]. The Kier molecular flexibility index (Phi) is 0.293. The van der Waals surface area contributed by atoms with Crippen LogP contribution in [0.1, 0.15) is 5.48 Å². The van der Waals surface area contributed by atoms with Crippen LogP contribution in [0, 0.1) is 0 Å². The van der Waals surface area contributed by atoms with Gasteiger partial charge in [-0.05, 0) is 0 Å². The summed E-state index contributed by atoms with van der Waals surface area (Å²) < 4.78 is 28.3. The molecule has 1 aromatic rings. The van der Waals surface area contributed by atoms with E-state index in [1.165, 1.54) is 12.1 Å². The van der Waals surface area contributed by atoms with Crippen molar-refractivity contribution in [2.24, 2.45) is 0 Å². The van der Waals surface area contributed by atoms with Gasteiger partial charge in [0.2, 0.25) is 0 Å². The zero-order chi connectivity index (χ0) is 7.72. The van der Waals surface area contributed by atoms with E-state index in [0.717, 1.165) is 0 Å². The Morgan fingerprint density at radius 3 is 1.83 bits per heavy atom. The Hall–Kier alpha value is -0.780. The van der Waals surface area contributed by atoms with Gasteiger partial charge in [-0.2, -0.15) is 0 Å². The third-order valence-corrected chi connectivity index (χ3v) is 0.457. The maximum Gasteiger partial charge on any atom is 0.0623 e. The van der Waals surface area contributed by atoms with E-state index in [1.807, 2.05) is 0 Å². The lowest BCUT2D eigenvalue weighted by atomic mass is 10.4. The molecular weight excluding hydrogens is 72.1 g/mol. The van der Waals surface area contributed by atoms with Crippen LogP contribution >= 0.6 is 0 Å². The highest BCUT2D eigenvalue weighted by molar-refractivity contribution is 4.99. The van der Waals surface area contributed by atoms with Crippen LogP contribution in [0.4, 0.5) is 0 Å². The minimum absolute atomic E-state index is 0.000926.